The molecule has 9 heterocycles. The molecule has 5 aromatic rings. The van der Waals surface area contributed by atoms with Gasteiger partial charge in [-0.2, -0.15) is 18.6 Å². The van der Waals surface area contributed by atoms with Crippen molar-refractivity contribution in [2.75, 3.05) is 81.4 Å². The first kappa shape index (κ1) is 59.6. The zero-order chi connectivity index (χ0) is 58.0. The second-order valence-electron chi connectivity index (χ2n) is 18.2. The minimum Gasteiger partial charge on any atom is -0.386 e. The van der Waals surface area contributed by atoms with E-state index in [0.29, 0.717) is 0 Å². The van der Waals surface area contributed by atoms with E-state index >= 15 is 0 Å². The van der Waals surface area contributed by atoms with Crippen LogP contribution in [0.3, 0.4) is 0 Å². The minimum atomic E-state index is -6.17. The fourth-order valence-electron chi connectivity index (χ4n) is 9.36. The second-order valence-corrected chi connectivity index (χ2v) is 24.3. The number of nitrogens with one attached hydrogen (secondary N) is 3. The average molecular weight is 1220 g/mol. The first-order chi connectivity index (χ1) is 37.6. The Morgan fingerprint density at radius 2 is 1.24 bits per heavy atom. The highest BCUT2D eigenvalue weighted by Gasteiger charge is 2.55. The summed E-state index contributed by atoms with van der Waals surface area (Å²) in [7, 11) is -17.9. The van der Waals surface area contributed by atoms with Gasteiger partial charge in [-0.1, -0.05) is 0 Å². The second kappa shape index (κ2) is 23.0. The summed E-state index contributed by atoms with van der Waals surface area (Å²) in [4.78, 5) is 101. The molecule has 0 radical (unpaired) electrons. The highest BCUT2D eigenvalue weighted by molar-refractivity contribution is 7.66. The van der Waals surface area contributed by atoms with Gasteiger partial charge in [-0.25, -0.2) is 38.2 Å². The number of rotatable bonds is 23. The number of phosphoric acid groups is 4. The third-order valence-electron chi connectivity index (χ3n) is 12.6. The summed E-state index contributed by atoms with van der Waals surface area (Å²) in [6, 6.07) is 0. The molecule has 0 bridgehead atoms. The number of methoxy groups -OCH3 is 2. The van der Waals surface area contributed by atoms with E-state index in [1.165, 1.54) is 31.6 Å². The number of nitrogen functional groups attached to an aromatic ring is 2. The molecule has 9 rings (SSSR count). The number of aromatic amines is 2. The van der Waals surface area contributed by atoms with Crippen molar-refractivity contribution in [3.8, 4) is 0 Å². The lowest BCUT2D eigenvalue weighted by Gasteiger charge is -2.27. The smallest absolute Gasteiger partial charge is 0.386 e. The van der Waals surface area contributed by atoms with Crippen LogP contribution in [-0.2, 0) is 73.4 Å². The van der Waals surface area contributed by atoms with Gasteiger partial charge in [0.05, 0.1) is 45.2 Å². The number of anilines is 5. The Hall–Kier alpha value is -5.02. The zero-order valence-electron chi connectivity index (χ0n) is 42.5. The van der Waals surface area contributed by atoms with E-state index < -0.39 is 142 Å². The maximum absolute atomic E-state index is 14.0. The van der Waals surface area contributed by atoms with Crippen molar-refractivity contribution >= 4 is 82.8 Å². The number of nitrogens with zero attached hydrogens (tertiary/aromatic N) is 10. The molecular formula is C37H55N15O24P4. The van der Waals surface area contributed by atoms with Crippen LogP contribution >= 0.6 is 31.3 Å². The van der Waals surface area contributed by atoms with E-state index in [4.69, 9.17) is 58.0 Å². The molecule has 4 aliphatic heterocycles. The summed E-state index contributed by atoms with van der Waals surface area (Å²) in [6.45, 7) is 0.179. The van der Waals surface area contributed by atoms with Crippen LogP contribution in [0.5, 0.6) is 0 Å². The Kier molecular flexibility index (Phi) is 17.1. The van der Waals surface area contributed by atoms with Gasteiger partial charge in [-0.05, 0) is 13.8 Å². The predicted molar refractivity (Wildman–Crippen MR) is 267 cm³/mol. The van der Waals surface area contributed by atoms with Crippen molar-refractivity contribution in [3.05, 3.63) is 39.7 Å². The van der Waals surface area contributed by atoms with Gasteiger partial charge in [-0.3, -0.25) is 46.8 Å². The van der Waals surface area contributed by atoms with Gasteiger partial charge < -0.3 is 84.8 Å². The molecule has 16 atom stereocenters. The molecule has 442 valence electrons. The standard InChI is InChI=1S/C37H55N15O24P4/c1-14(2)70-24-16(72-33(22(24)54)51-12-44-19-29(51)45-36(38)47-31(19)55)8-67-77(57,58)74-25-17(73-35(26(25)66-6)50-11-43-18-27(40-3)41-10-42-28(18)50)9-69-79(61,62)76-80(63,64)75-78(59,60)68-7-15-23(65-5)21(53)34(71-15)52-13-49(4)20-30(52)46-37(39)48-32(20)56/h10-12,14-17,21-26,33-35,53-54H,7-9,13H2,1-6H3,(H,57,58)(H,59,60)(H,61,62)(H,63,64)(H,40,41,42)(H3,38,45,47,55)(H3,39,46,48,56)/t15-,16-,17-,21?,22+,23+,24?,25?,26+,33-,34-,35-/m1/s1. The molecule has 3 saturated heterocycles. The summed E-state index contributed by atoms with van der Waals surface area (Å²) in [5, 5.41) is 25.5. The quantitative estimate of drug-likeness (QED) is 0.0318. The normalized spacial score (nSPS) is 30.0. The molecular weight excluding hydrogens is 1160 g/mol. The van der Waals surface area contributed by atoms with Gasteiger partial charge in [0.15, 0.2) is 47.1 Å². The maximum Gasteiger partial charge on any atom is 0.490 e. The average Bonchev–Trinajstić information content (AvgIpc) is 4.28. The van der Waals surface area contributed by atoms with Gasteiger partial charge in [0.2, 0.25) is 11.9 Å². The summed E-state index contributed by atoms with van der Waals surface area (Å²) >= 11 is 0. The first-order valence-corrected chi connectivity index (χ1v) is 29.5. The van der Waals surface area contributed by atoms with Crippen LogP contribution in [0.4, 0.5) is 29.2 Å². The molecule has 5 aromatic heterocycles. The van der Waals surface area contributed by atoms with Crippen LogP contribution in [-0.4, -0.2) is 201 Å². The number of nitrogens with two attached hydrogens (primary N) is 2. The van der Waals surface area contributed by atoms with Crippen LogP contribution < -0.4 is 37.7 Å². The maximum atomic E-state index is 14.0. The molecule has 80 heavy (non-hydrogen) atoms. The van der Waals surface area contributed by atoms with E-state index in [0.717, 1.165) is 20.5 Å². The van der Waals surface area contributed by atoms with Crippen LogP contribution in [0.1, 0.15) is 26.3 Å². The Bertz CT molecular complexity index is 3410. The molecule has 39 nitrogen and oxygen atoms in total. The molecule has 0 spiro atoms. The highest BCUT2D eigenvalue weighted by atomic mass is 31.3. The molecule has 13 N–H and O–H groups in total. The Morgan fingerprint density at radius 3 is 1.86 bits per heavy atom. The number of hydrogen-bond donors (Lipinski definition) is 11. The molecule has 43 heteroatoms. The number of fused-ring (bicyclic) bond motifs is 3. The number of aromatic nitrogens is 10. The summed E-state index contributed by atoms with van der Waals surface area (Å²) in [5.41, 5.74) is 10.4. The van der Waals surface area contributed by atoms with Crippen molar-refractivity contribution in [2.24, 2.45) is 0 Å². The van der Waals surface area contributed by atoms with Gasteiger partial charge in [-0.15, -0.1) is 0 Å². The van der Waals surface area contributed by atoms with Gasteiger partial charge in [0.1, 0.15) is 72.5 Å². The van der Waals surface area contributed by atoms with Crippen molar-refractivity contribution in [1.82, 2.24) is 49.0 Å². The largest absolute Gasteiger partial charge is 0.490 e. The van der Waals surface area contributed by atoms with Gasteiger partial charge >= 0.3 is 31.3 Å². The lowest BCUT2D eigenvalue weighted by molar-refractivity contribution is -0.0814. The topological polar surface area (TPSA) is 524 Å². The van der Waals surface area contributed by atoms with Gasteiger partial charge in [0.25, 0.3) is 11.1 Å². The number of H-pyrrole nitrogens is 2. The molecule has 0 amide bonds. The number of aliphatic hydroxyl groups excluding tert-OH is 2. The van der Waals surface area contributed by atoms with E-state index in [-0.39, 0.29) is 58.2 Å². The fraction of sp³-hybridized carbons (Fsp3) is 0.622. The number of aliphatic hydroxyl groups is 2. The molecule has 0 aliphatic carbocycles. The molecule has 0 aromatic carbocycles. The Balaban J connectivity index is 0.882. The van der Waals surface area contributed by atoms with Crippen molar-refractivity contribution in [1.29, 1.82) is 0 Å². The number of hydrogen-bond acceptors (Lipinski definition) is 31. The fourth-order valence-corrected chi connectivity index (χ4v) is 13.8. The summed E-state index contributed by atoms with van der Waals surface area (Å²) < 4.78 is 121. The van der Waals surface area contributed by atoms with Crippen molar-refractivity contribution in [2.45, 2.75) is 93.6 Å². The third-order valence-corrected chi connectivity index (χ3v) is 17.8. The van der Waals surface area contributed by atoms with E-state index in [2.05, 4.69) is 53.8 Å². The number of ether oxygens (including phenoxy) is 6. The van der Waals surface area contributed by atoms with Crippen LogP contribution in [0.15, 0.2) is 28.6 Å². The van der Waals surface area contributed by atoms with E-state index in [9.17, 15) is 57.6 Å². The Labute approximate surface area is 448 Å². The lowest BCUT2D eigenvalue weighted by Crippen LogP contribution is -2.46. The van der Waals surface area contributed by atoms with Crippen molar-refractivity contribution in [3.63, 3.8) is 0 Å². The summed E-state index contributed by atoms with van der Waals surface area (Å²) in [6.07, 6.45) is -14.7. The first-order valence-electron chi connectivity index (χ1n) is 23.5. The zero-order valence-corrected chi connectivity index (χ0v) is 46.1. The molecule has 4 aliphatic rings. The minimum absolute atomic E-state index is 0.0226. The lowest BCUT2D eigenvalue weighted by atomic mass is 10.1. The Morgan fingerprint density at radius 1 is 0.700 bits per heavy atom. The van der Waals surface area contributed by atoms with Crippen LogP contribution in [0, 0.1) is 0 Å². The van der Waals surface area contributed by atoms with E-state index in [1.54, 1.807) is 27.9 Å². The SMILES string of the molecule is CNc1ncnc2c1ncn2[C@@H]1O[C@H](COP(=O)(O)OP(=O)(O)OP(=O)(O)OC[C@H]2O[C@@H](N3CN(C)c4c3nc(N)[nH]c4=O)C(O)[C@H]2OC)C(OP(=O)(O)OC[C@H]2O[C@@H](n3cnc4c(=O)[nH]c(N)nc43)[C@@H](O)C2OC(C)C)[C@@H]1OC. The predicted octanol–water partition coefficient (Wildman–Crippen LogP) is -1.90. The number of imidazole rings is 2. The van der Waals surface area contributed by atoms with Crippen LogP contribution in [0.2, 0.25) is 0 Å². The molecule has 3 fully saturated rings. The third kappa shape index (κ3) is 12.2. The number of phosphoric ester groups is 3. The monoisotopic (exact) mass is 1220 g/mol. The van der Waals surface area contributed by atoms with Crippen molar-refractivity contribution < 1.29 is 103 Å². The molecule has 0 saturated carbocycles. The molecule has 7 unspecified atom stereocenters. The van der Waals surface area contributed by atoms with E-state index in [1.807, 2.05) is 0 Å². The van der Waals surface area contributed by atoms with Gasteiger partial charge in [0, 0.05) is 28.3 Å². The summed E-state index contributed by atoms with van der Waals surface area (Å²) in [5.74, 6) is -0.232. The van der Waals surface area contributed by atoms with Crippen LogP contribution in [0.25, 0.3) is 22.3 Å². The highest BCUT2D eigenvalue weighted by Crippen LogP contribution is 2.68.